The van der Waals surface area contributed by atoms with Crippen LogP contribution in [0.15, 0.2) is 30.3 Å². The molecule has 2 rings (SSSR count). The molecule has 1 atom stereocenters. The Morgan fingerprint density at radius 2 is 2.00 bits per heavy atom. The minimum atomic E-state index is 0.297. The summed E-state index contributed by atoms with van der Waals surface area (Å²) in [5, 5.41) is 7.89. The lowest BCUT2D eigenvalue weighted by Gasteiger charge is -2.14. The zero-order valence-corrected chi connectivity index (χ0v) is 12.0. The highest BCUT2D eigenvalue weighted by Gasteiger charge is 2.14. The fourth-order valence-corrected chi connectivity index (χ4v) is 2.25. The molecule has 1 N–H and O–H groups in total. The molecule has 0 radical (unpaired) electrons. The van der Waals surface area contributed by atoms with Gasteiger partial charge in [0.2, 0.25) is 5.88 Å². The van der Waals surface area contributed by atoms with Crippen molar-refractivity contribution in [1.82, 2.24) is 15.1 Å². The summed E-state index contributed by atoms with van der Waals surface area (Å²) in [4.78, 5) is 0. The molecule has 0 fully saturated rings. The summed E-state index contributed by atoms with van der Waals surface area (Å²) in [6, 6.07) is 10.7. The molecule has 4 nitrogen and oxygen atoms in total. The van der Waals surface area contributed by atoms with E-state index in [9.17, 15) is 0 Å². The van der Waals surface area contributed by atoms with Crippen LogP contribution in [-0.2, 0) is 13.6 Å². The van der Waals surface area contributed by atoms with Crippen LogP contribution in [0.4, 0.5) is 0 Å². The smallest absolute Gasteiger partial charge is 0.216 e. The average molecular weight is 259 g/mol. The lowest BCUT2D eigenvalue weighted by Crippen LogP contribution is -2.18. The number of aromatic nitrogens is 2. The lowest BCUT2D eigenvalue weighted by molar-refractivity contribution is 0.367. The average Bonchev–Trinajstić information content (AvgIpc) is 2.70. The molecule has 1 aromatic carbocycles. The third-order valence-electron chi connectivity index (χ3n) is 3.37. The number of methoxy groups -OCH3 is 1. The SMILES string of the molecule is COc1c(CN[C@@H](C)c2ccccc2)c(C)nn1C. The summed E-state index contributed by atoms with van der Waals surface area (Å²) < 4.78 is 7.17. The second kappa shape index (κ2) is 5.89. The van der Waals surface area contributed by atoms with E-state index >= 15 is 0 Å². The normalized spacial score (nSPS) is 12.4. The fraction of sp³-hybridized carbons (Fsp3) is 0.400. The first-order chi connectivity index (χ1) is 9.13. The second-order valence-electron chi connectivity index (χ2n) is 4.71. The quantitative estimate of drug-likeness (QED) is 0.897. The number of aryl methyl sites for hydroxylation is 2. The summed E-state index contributed by atoms with van der Waals surface area (Å²) in [5.41, 5.74) is 3.41. The molecule has 0 aliphatic heterocycles. The van der Waals surface area contributed by atoms with E-state index in [1.807, 2.05) is 20.0 Å². The fourth-order valence-electron chi connectivity index (χ4n) is 2.25. The maximum Gasteiger partial charge on any atom is 0.216 e. The molecule has 0 saturated carbocycles. The molecule has 0 aliphatic carbocycles. The monoisotopic (exact) mass is 259 g/mol. The van der Waals surface area contributed by atoms with Crippen LogP contribution in [-0.4, -0.2) is 16.9 Å². The van der Waals surface area contributed by atoms with E-state index in [2.05, 4.69) is 41.6 Å². The first-order valence-electron chi connectivity index (χ1n) is 6.48. The van der Waals surface area contributed by atoms with Crippen LogP contribution in [0, 0.1) is 6.92 Å². The van der Waals surface area contributed by atoms with E-state index in [1.54, 1.807) is 11.8 Å². The van der Waals surface area contributed by atoms with E-state index in [0.29, 0.717) is 6.04 Å². The molecular weight excluding hydrogens is 238 g/mol. The highest BCUT2D eigenvalue weighted by molar-refractivity contribution is 5.31. The highest BCUT2D eigenvalue weighted by atomic mass is 16.5. The van der Waals surface area contributed by atoms with E-state index in [1.165, 1.54) is 5.56 Å². The number of hydrogen-bond donors (Lipinski definition) is 1. The molecule has 0 amide bonds. The van der Waals surface area contributed by atoms with Gasteiger partial charge in [-0.05, 0) is 19.4 Å². The number of nitrogens with zero attached hydrogens (tertiary/aromatic N) is 2. The Hall–Kier alpha value is -1.81. The number of rotatable bonds is 5. The van der Waals surface area contributed by atoms with Gasteiger partial charge >= 0.3 is 0 Å². The van der Waals surface area contributed by atoms with Crippen LogP contribution in [0.5, 0.6) is 5.88 Å². The first-order valence-corrected chi connectivity index (χ1v) is 6.48. The zero-order chi connectivity index (χ0) is 13.8. The van der Waals surface area contributed by atoms with Gasteiger partial charge in [0.05, 0.1) is 18.4 Å². The van der Waals surface area contributed by atoms with Crippen molar-refractivity contribution in [2.45, 2.75) is 26.4 Å². The zero-order valence-electron chi connectivity index (χ0n) is 12.0. The minimum Gasteiger partial charge on any atom is -0.481 e. The molecule has 0 aliphatic rings. The lowest BCUT2D eigenvalue weighted by atomic mass is 10.1. The van der Waals surface area contributed by atoms with Crippen molar-refractivity contribution in [2.75, 3.05) is 7.11 Å². The molecule has 0 unspecified atom stereocenters. The third-order valence-corrected chi connectivity index (χ3v) is 3.37. The van der Waals surface area contributed by atoms with Gasteiger partial charge in [-0.2, -0.15) is 5.10 Å². The standard InChI is InChI=1S/C15H21N3O/c1-11(13-8-6-5-7-9-13)16-10-14-12(2)17-18(3)15(14)19-4/h5-9,11,16H,10H2,1-4H3/t11-/m0/s1. The van der Waals surface area contributed by atoms with Crippen molar-refractivity contribution in [3.63, 3.8) is 0 Å². The van der Waals surface area contributed by atoms with Gasteiger partial charge < -0.3 is 10.1 Å². The Morgan fingerprint density at radius 1 is 1.32 bits per heavy atom. The molecule has 0 bridgehead atoms. The summed E-state index contributed by atoms with van der Waals surface area (Å²) in [6.07, 6.45) is 0. The van der Waals surface area contributed by atoms with Gasteiger partial charge in [0.1, 0.15) is 0 Å². The Morgan fingerprint density at radius 3 is 2.63 bits per heavy atom. The van der Waals surface area contributed by atoms with Gasteiger partial charge in [0.15, 0.2) is 0 Å². The summed E-state index contributed by atoms with van der Waals surface area (Å²) in [5.74, 6) is 0.824. The van der Waals surface area contributed by atoms with E-state index < -0.39 is 0 Å². The van der Waals surface area contributed by atoms with Gasteiger partial charge in [0, 0.05) is 19.6 Å². The Balaban J connectivity index is 2.07. The van der Waals surface area contributed by atoms with E-state index in [0.717, 1.165) is 23.7 Å². The van der Waals surface area contributed by atoms with Gasteiger partial charge in [-0.3, -0.25) is 0 Å². The third kappa shape index (κ3) is 2.96. The van der Waals surface area contributed by atoms with Crippen LogP contribution in [0.2, 0.25) is 0 Å². The van der Waals surface area contributed by atoms with Crippen LogP contribution < -0.4 is 10.1 Å². The van der Waals surface area contributed by atoms with Crippen LogP contribution in [0.1, 0.15) is 29.8 Å². The maximum absolute atomic E-state index is 5.40. The summed E-state index contributed by atoms with van der Waals surface area (Å²) in [7, 11) is 3.58. The number of benzene rings is 1. The number of hydrogen-bond acceptors (Lipinski definition) is 3. The van der Waals surface area contributed by atoms with Gasteiger partial charge in [-0.15, -0.1) is 0 Å². The minimum absolute atomic E-state index is 0.297. The summed E-state index contributed by atoms with van der Waals surface area (Å²) in [6.45, 7) is 4.92. The topological polar surface area (TPSA) is 39.1 Å². The van der Waals surface area contributed by atoms with Crippen molar-refractivity contribution in [2.24, 2.45) is 7.05 Å². The molecule has 0 saturated heterocycles. The molecule has 19 heavy (non-hydrogen) atoms. The molecule has 102 valence electrons. The molecule has 0 spiro atoms. The van der Waals surface area contributed by atoms with E-state index in [4.69, 9.17) is 4.74 Å². The second-order valence-corrected chi connectivity index (χ2v) is 4.71. The van der Waals surface area contributed by atoms with Gasteiger partial charge in [-0.25, -0.2) is 4.68 Å². The van der Waals surface area contributed by atoms with Crippen molar-refractivity contribution in [3.05, 3.63) is 47.2 Å². The molecule has 2 aromatic rings. The summed E-state index contributed by atoms with van der Waals surface area (Å²) >= 11 is 0. The van der Waals surface area contributed by atoms with Gasteiger partial charge in [-0.1, -0.05) is 30.3 Å². The Kier molecular flexibility index (Phi) is 4.22. The predicted octanol–water partition coefficient (Wildman–Crippen LogP) is 2.59. The largest absolute Gasteiger partial charge is 0.481 e. The Bertz CT molecular complexity index is 534. The van der Waals surface area contributed by atoms with Crippen molar-refractivity contribution in [3.8, 4) is 5.88 Å². The predicted molar refractivity (Wildman–Crippen MR) is 76.2 cm³/mol. The molecule has 4 heteroatoms. The highest BCUT2D eigenvalue weighted by Crippen LogP contribution is 2.22. The van der Waals surface area contributed by atoms with Crippen LogP contribution in [0.25, 0.3) is 0 Å². The van der Waals surface area contributed by atoms with Crippen molar-refractivity contribution < 1.29 is 4.74 Å². The first kappa shape index (κ1) is 13.6. The molecule has 1 heterocycles. The maximum atomic E-state index is 5.40. The van der Waals surface area contributed by atoms with E-state index in [-0.39, 0.29) is 0 Å². The van der Waals surface area contributed by atoms with Crippen LogP contribution >= 0.6 is 0 Å². The number of ether oxygens (including phenoxy) is 1. The molecule has 1 aromatic heterocycles. The molecular formula is C15H21N3O. The van der Waals surface area contributed by atoms with Gasteiger partial charge in [0.25, 0.3) is 0 Å². The Labute approximate surface area is 114 Å². The van der Waals surface area contributed by atoms with Crippen molar-refractivity contribution >= 4 is 0 Å². The van der Waals surface area contributed by atoms with Crippen LogP contribution in [0.3, 0.4) is 0 Å². The number of nitrogens with one attached hydrogen (secondary N) is 1. The van der Waals surface area contributed by atoms with Crippen molar-refractivity contribution in [1.29, 1.82) is 0 Å².